The molecule has 0 aliphatic heterocycles. The Labute approximate surface area is 76.0 Å². The Morgan fingerprint density at radius 1 is 1.33 bits per heavy atom. The van der Waals surface area contributed by atoms with Gasteiger partial charge in [-0.25, -0.2) is 0 Å². The van der Waals surface area contributed by atoms with Gasteiger partial charge < -0.3 is 1.43 Å². The first kappa shape index (κ1) is 11.0. The first-order chi connectivity index (χ1) is 2.00. The van der Waals surface area contributed by atoms with E-state index in [2.05, 4.69) is 0 Å². The molecule has 0 aliphatic rings. The van der Waals surface area contributed by atoms with Crippen LogP contribution in [-0.2, 0) is 0 Å². The zero-order chi connectivity index (χ0) is 4.50. The van der Waals surface area contributed by atoms with Crippen molar-refractivity contribution >= 4 is 39.2 Å². The van der Waals surface area contributed by atoms with Crippen molar-refractivity contribution in [2.24, 2.45) is 0 Å². The molecule has 0 atom stereocenters. The third-order valence-corrected chi connectivity index (χ3v) is 0. The minimum absolute atomic E-state index is 0. The molecule has 34 valence electrons. The topological polar surface area (TPSA) is 0 Å². The number of hydrogen-bond donors (Lipinski definition) is 0. The first-order valence-electron chi connectivity index (χ1n) is 1.07. The van der Waals surface area contributed by atoms with Gasteiger partial charge in [0, 0.05) is 0 Å². The molecule has 0 N–H and O–H groups in total. The van der Waals surface area contributed by atoms with Crippen LogP contribution in [-0.4, -0.2) is 6.00 Å². The average Bonchev–Trinajstić information content (AvgIpc) is 0.722. The zero-order valence-electron chi connectivity index (χ0n) is 4.63. The molecule has 0 nitrogen and oxygen atoms in total. The van der Waals surface area contributed by atoms with Crippen molar-refractivity contribution in [1.29, 1.82) is 0 Å². The van der Waals surface area contributed by atoms with E-state index in [0.29, 0.717) is 0 Å². The van der Waals surface area contributed by atoms with Gasteiger partial charge in [0.15, 0.2) is 0 Å². The summed E-state index contributed by atoms with van der Waals surface area (Å²) in [4.78, 5) is 0. The van der Waals surface area contributed by atoms with Gasteiger partial charge in [-0.05, 0) is 6.55 Å². The Balaban J connectivity index is -0.0000000800. The summed E-state index contributed by atoms with van der Waals surface area (Å²) in [5.41, 5.74) is 0. The van der Waals surface area contributed by atoms with Crippen molar-refractivity contribution in [3.05, 3.63) is 0 Å². The fourth-order valence-electron chi connectivity index (χ4n) is 0. The van der Waals surface area contributed by atoms with Crippen LogP contribution in [0.1, 0.15) is 1.43 Å². The van der Waals surface area contributed by atoms with Gasteiger partial charge in [0.25, 0.3) is 0 Å². The summed E-state index contributed by atoms with van der Waals surface area (Å²) >= 11 is 15.6. The summed E-state index contributed by atoms with van der Waals surface area (Å²) in [5.74, 6) is 0. The Hall–Kier alpha value is 2.09. The molecule has 0 fully saturated rings. The summed E-state index contributed by atoms with van der Waals surface area (Å²) in [6, 6.07) is -2.19. The molecule has 0 bridgehead atoms. The molecule has 0 amide bonds. The fourth-order valence-corrected chi connectivity index (χ4v) is 0. The number of rotatable bonds is 0. The van der Waals surface area contributed by atoms with Crippen LogP contribution >= 0.6 is 33.2 Å². The van der Waals surface area contributed by atoms with E-state index in [9.17, 15) is 0 Å². The van der Waals surface area contributed by atoms with Gasteiger partial charge in [0.1, 0.15) is 0 Å². The number of halogens is 3. The molecule has 0 aromatic heterocycles. The van der Waals surface area contributed by atoms with Gasteiger partial charge >= 0.3 is 35.6 Å². The van der Waals surface area contributed by atoms with E-state index in [0.717, 1.165) is 0 Å². The summed E-state index contributed by atoms with van der Waals surface area (Å²) in [6.07, 6.45) is 0. The van der Waals surface area contributed by atoms with Crippen molar-refractivity contribution in [3.8, 4) is 0 Å². The molecule has 0 saturated heterocycles. The normalized spacial score (nSPS) is 10.0. The molecule has 0 saturated carbocycles. The van der Waals surface area contributed by atoms with Crippen LogP contribution in [0, 0.1) is 0 Å². The monoisotopic (exact) mass is 172 g/mol. The maximum atomic E-state index is 5.20. The zero-order valence-corrected chi connectivity index (χ0v) is 8.90. The van der Waals surface area contributed by atoms with Crippen LogP contribution in [0.25, 0.3) is 0 Å². The summed E-state index contributed by atoms with van der Waals surface area (Å²) in [5, 5.41) is 0. The maximum absolute atomic E-state index is 5.20. The third-order valence-electron chi connectivity index (χ3n) is 0. The van der Waals surface area contributed by atoms with Crippen molar-refractivity contribution in [2.45, 2.75) is 6.55 Å². The van der Waals surface area contributed by atoms with Crippen LogP contribution < -0.4 is 29.6 Å². The second-order valence-electron chi connectivity index (χ2n) is 0.781. The van der Waals surface area contributed by atoms with E-state index >= 15 is 0 Å². The Bertz CT molecular complexity index is 30.4. The fraction of sp³-hybridized carbons (Fsp3) is 1.00. The first-order valence-corrected chi connectivity index (χ1v) is 6.60. The average molecular weight is 173 g/mol. The van der Waals surface area contributed by atoms with Gasteiger partial charge in [0.05, 0.1) is 0 Å². The van der Waals surface area contributed by atoms with E-state index in [1.165, 1.54) is 0 Å². The Morgan fingerprint density at radius 3 is 1.33 bits per heavy atom. The van der Waals surface area contributed by atoms with Crippen LogP contribution in [0.3, 0.4) is 0 Å². The van der Waals surface area contributed by atoms with Gasteiger partial charge in [-0.3, -0.25) is 0 Å². The quantitative estimate of drug-likeness (QED) is 0.339. The Morgan fingerprint density at radius 2 is 1.33 bits per heavy atom. The van der Waals surface area contributed by atoms with Crippen LogP contribution in [0.2, 0.25) is 6.55 Å². The largest absolute Gasteiger partial charge is 1.00 e. The standard InChI is InChI=1S/CH3Cl3Si.Na.H/c1-5(2,3)4;;/h1H3;;/q;+1;-1. The van der Waals surface area contributed by atoms with Gasteiger partial charge in [-0.2, -0.15) is 0 Å². The predicted molar refractivity (Wildman–Crippen MR) is 30.3 cm³/mol. The molecule has 6 heavy (non-hydrogen) atoms. The Kier molecular flexibility index (Phi) is 7.34. The predicted octanol–water partition coefficient (Wildman–Crippen LogP) is -0.612. The third kappa shape index (κ3) is 36.2. The molecule has 0 rings (SSSR count). The minimum Gasteiger partial charge on any atom is -1.00 e. The second-order valence-corrected chi connectivity index (χ2v) is 10.9. The van der Waals surface area contributed by atoms with E-state index in [1.54, 1.807) is 6.55 Å². The van der Waals surface area contributed by atoms with Gasteiger partial charge in [0.2, 0.25) is 0 Å². The molecular formula is CH4Cl3NaSi. The maximum Gasteiger partial charge on any atom is 1.00 e. The van der Waals surface area contributed by atoms with E-state index in [1.807, 2.05) is 0 Å². The molecule has 0 radical (unpaired) electrons. The summed E-state index contributed by atoms with van der Waals surface area (Å²) < 4.78 is 0. The molecular weight excluding hydrogens is 169 g/mol. The van der Waals surface area contributed by atoms with Crippen LogP contribution in [0.4, 0.5) is 0 Å². The smallest absolute Gasteiger partial charge is 1.00 e. The molecule has 0 spiro atoms. The SMILES string of the molecule is C[Si](Cl)(Cl)Cl.[H-].[Na+]. The molecule has 0 unspecified atom stereocenters. The van der Waals surface area contributed by atoms with Crippen LogP contribution in [0.5, 0.6) is 0 Å². The van der Waals surface area contributed by atoms with E-state index in [4.69, 9.17) is 33.2 Å². The molecule has 0 heterocycles. The van der Waals surface area contributed by atoms with E-state index < -0.39 is 6.00 Å². The number of hydrogen-bond acceptors (Lipinski definition) is 0. The minimum atomic E-state index is -2.19. The second kappa shape index (κ2) is 4.01. The van der Waals surface area contributed by atoms with Crippen molar-refractivity contribution in [2.75, 3.05) is 0 Å². The van der Waals surface area contributed by atoms with Crippen molar-refractivity contribution in [3.63, 3.8) is 0 Å². The van der Waals surface area contributed by atoms with Gasteiger partial charge in [-0.1, -0.05) is 0 Å². The summed E-state index contributed by atoms with van der Waals surface area (Å²) in [6.45, 7) is 1.62. The van der Waals surface area contributed by atoms with Crippen LogP contribution in [0.15, 0.2) is 0 Å². The molecule has 0 aromatic carbocycles. The van der Waals surface area contributed by atoms with Gasteiger partial charge in [-0.15, -0.1) is 33.2 Å². The molecule has 0 aromatic rings. The van der Waals surface area contributed by atoms with E-state index in [-0.39, 0.29) is 31.0 Å². The molecule has 0 aliphatic carbocycles. The summed E-state index contributed by atoms with van der Waals surface area (Å²) in [7, 11) is 0. The van der Waals surface area contributed by atoms with Crippen molar-refractivity contribution in [1.82, 2.24) is 0 Å². The van der Waals surface area contributed by atoms with Crippen molar-refractivity contribution < 1.29 is 31.0 Å². The molecule has 5 heteroatoms.